The maximum atomic E-state index is 13.6. The molecule has 2 N–H and O–H groups in total. The van der Waals surface area contributed by atoms with Crippen LogP contribution in [0.1, 0.15) is 4.88 Å². The van der Waals surface area contributed by atoms with Gasteiger partial charge in [-0.05, 0) is 23.9 Å². The molecular weight excluding hydrogens is 353 g/mol. The fraction of sp³-hybridized carbons (Fsp3) is 0.167. The number of nitrogens with one attached hydrogen (secondary N) is 2. The molecule has 0 radical (unpaired) electrons. The van der Waals surface area contributed by atoms with Crippen molar-refractivity contribution in [3.05, 3.63) is 63.2 Å². The lowest BCUT2D eigenvalue weighted by Crippen LogP contribution is -2.23. The topological polar surface area (TPSA) is 75.6 Å². The van der Waals surface area contributed by atoms with E-state index in [1.165, 1.54) is 15.5 Å². The van der Waals surface area contributed by atoms with Crippen LogP contribution < -0.4 is 10.9 Å². The number of aromatic amines is 1. The Morgan fingerprint density at radius 3 is 3.12 bits per heavy atom. The summed E-state index contributed by atoms with van der Waals surface area (Å²) >= 11 is 1.68. The van der Waals surface area contributed by atoms with Crippen LogP contribution in [0.3, 0.4) is 0 Å². The third kappa shape index (κ3) is 3.11. The Labute approximate surface area is 152 Å². The summed E-state index contributed by atoms with van der Waals surface area (Å²) in [5.41, 5.74) is 1.64. The highest BCUT2D eigenvalue weighted by Gasteiger charge is 2.13. The van der Waals surface area contributed by atoms with E-state index in [4.69, 9.17) is 0 Å². The van der Waals surface area contributed by atoms with Gasteiger partial charge < -0.3 is 14.9 Å². The molecular formula is C18H16FN5OS. The molecule has 0 aliphatic rings. The van der Waals surface area contributed by atoms with Crippen molar-refractivity contribution in [2.75, 3.05) is 11.9 Å². The fourth-order valence-electron chi connectivity index (χ4n) is 2.80. The van der Waals surface area contributed by atoms with E-state index >= 15 is 0 Å². The first kappa shape index (κ1) is 16.5. The highest BCUT2D eigenvalue weighted by Crippen LogP contribution is 2.26. The summed E-state index contributed by atoms with van der Waals surface area (Å²) in [5, 5.41) is 5.77. The highest BCUT2D eigenvalue weighted by molar-refractivity contribution is 7.09. The lowest BCUT2D eigenvalue weighted by molar-refractivity contribution is 0.624. The van der Waals surface area contributed by atoms with Crippen LogP contribution >= 0.6 is 11.3 Å². The Morgan fingerprint density at radius 2 is 2.31 bits per heavy atom. The molecule has 6 nitrogen and oxygen atoms in total. The summed E-state index contributed by atoms with van der Waals surface area (Å²) in [6.45, 7) is 0.607. The number of hydrogen-bond donors (Lipinski definition) is 2. The SMILES string of the molecule is Cn1cc(-c2c[nH]c3ncc(F)cc23)nc(NCCc2cccs2)c1=O. The quantitative estimate of drug-likeness (QED) is 0.567. The molecule has 8 heteroatoms. The Hall–Kier alpha value is -3.00. The summed E-state index contributed by atoms with van der Waals surface area (Å²) in [4.78, 5) is 25.1. The van der Waals surface area contributed by atoms with E-state index in [-0.39, 0.29) is 11.4 Å². The van der Waals surface area contributed by atoms with Gasteiger partial charge in [0.15, 0.2) is 5.82 Å². The third-order valence-electron chi connectivity index (χ3n) is 4.09. The third-order valence-corrected chi connectivity index (χ3v) is 5.02. The molecule has 0 aliphatic heterocycles. The summed E-state index contributed by atoms with van der Waals surface area (Å²) in [5.74, 6) is -0.141. The van der Waals surface area contributed by atoms with Crippen LogP contribution in [0, 0.1) is 5.82 Å². The molecule has 4 aromatic heterocycles. The zero-order valence-electron chi connectivity index (χ0n) is 14.0. The predicted molar refractivity (Wildman–Crippen MR) is 101 cm³/mol. The van der Waals surface area contributed by atoms with E-state index in [2.05, 4.69) is 26.3 Å². The van der Waals surface area contributed by atoms with Gasteiger partial charge in [0.1, 0.15) is 11.5 Å². The number of hydrogen-bond acceptors (Lipinski definition) is 5. The Morgan fingerprint density at radius 1 is 1.42 bits per heavy atom. The summed E-state index contributed by atoms with van der Waals surface area (Å²) < 4.78 is 15.0. The van der Waals surface area contributed by atoms with Gasteiger partial charge in [0.25, 0.3) is 5.56 Å². The fourth-order valence-corrected chi connectivity index (χ4v) is 3.51. The van der Waals surface area contributed by atoms with Gasteiger partial charge in [0, 0.05) is 41.8 Å². The van der Waals surface area contributed by atoms with Gasteiger partial charge in [-0.25, -0.2) is 14.4 Å². The van der Waals surface area contributed by atoms with Crippen molar-refractivity contribution in [1.29, 1.82) is 0 Å². The standard InChI is InChI=1S/C18H16FN5OS/c1-24-10-15(14-9-22-16-13(14)7-11(19)8-21-16)23-17(18(24)25)20-5-4-12-3-2-6-26-12/h2-3,6-10H,4-5H2,1H3,(H,20,23)(H,21,22). The summed E-state index contributed by atoms with van der Waals surface area (Å²) in [7, 11) is 1.67. The maximum Gasteiger partial charge on any atom is 0.293 e. The van der Waals surface area contributed by atoms with Crippen molar-refractivity contribution in [3.63, 3.8) is 0 Å². The molecule has 0 atom stereocenters. The number of H-pyrrole nitrogens is 1. The molecule has 0 fully saturated rings. The van der Waals surface area contributed by atoms with Crippen LogP contribution in [-0.4, -0.2) is 26.1 Å². The van der Waals surface area contributed by atoms with Gasteiger partial charge in [0.2, 0.25) is 0 Å². The molecule has 0 aromatic carbocycles. The average Bonchev–Trinajstić information content (AvgIpc) is 3.27. The Bertz CT molecular complexity index is 1120. The minimum Gasteiger partial charge on any atom is -0.365 e. The Balaban J connectivity index is 1.67. The number of nitrogens with zero attached hydrogens (tertiary/aromatic N) is 3. The van der Waals surface area contributed by atoms with E-state index in [0.29, 0.717) is 28.8 Å². The molecule has 26 heavy (non-hydrogen) atoms. The van der Waals surface area contributed by atoms with Crippen LogP contribution in [0.25, 0.3) is 22.3 Å². The van der Waals surface area contributed by atoms with E-state index in [1.54, 1.807) is 30.8 Å². The molecule has 0 unspecified atom stereocenters. The van der Waals surface area contributed by atoms with Crippen molar-refractivity contribution in [2.45, 2.75) is 6.42 Å². The normalized spacial score (nSPS) is 11.2. The molecule has 0 bridgehead atoms. The van der Waals surface area contributed by atoms with Crippen LogP contribution in [0.4, 0.5) is 10.2 Å². The molecule has 4 rings (SSSR count). The zero-order valence-corrected chi connectivity index (χ0v) is 14.8. The second-order valence-corrected chi connectivity index (χ2v) is 6.93. The summed E-state index contributed by atoms with van der Waals surface area (Å²) in [6, 6.07) is 5.47. The molecule has 0 saturated carbocycles. The van der Waals surface area contributed by atoms with Gasteiger partial charge in [-0.2, -0.15) is 0 Å². The second kappa shape index (κ2) is 6.72. The average molecular weight is 369 g/mol. The lowest BCUT2D eigenvalue weighted by atomic mass is 10.1. The second-order valence-electron chi connectivity index (χ2n) is 5.90. The van der Waals surface area contributed by atoms with Crippen molar-refractivity contribution in [2.24, 2.45) is 7.05 Å². The largest absolute Gasteiger partial charge is 0.365 e. The molecule has 0 amide bonds. The first-order valence-corrected chi connectivity index (χ1v) is 8.97. The van der Waals surface area contributed by atoms with E-state index in [0.717, 1.165) is 12.6 Å². The maximum absolute atomic E-state index is 13.6. The van der Waals surface area contributed by atoms with Gasteiger partial charge in [-0.3, -0.25) is 4.79 Å². The van der Waals surface area contributed by atoms with Crippen LogP contribution in [0.5, 0.6) is 0 Å². The number of rotatable bonds is 5. The van der Waals surface area contributed by atoms with Gasteiger partial charge in [-0.15, -0.1) is 11.3 Å². The number of halogens is 1. The van der Waals surface area contributed by atoms with Gasteiger partial charge >= 0.3 is 0 Å². The van der Waals surface area contributed by atoms with Gasteiger partial charge in [-0.1, -0.05) is 6.07 Å². The van der Waals surface area contributed by atoms with Crippen molar-refractivity contribution in [3.8, 4) is 11.3 Å². The van der Waals surface area contributed by atoms with Crippen LogP contribution in [0.15, 0.2) is 47.0 Å². The minimum atomic E-state index is -0.419. The summed E-state index contributed by atoms with van der Waals surface area (Å²) in [6.07, 6.45) is 5.34. The van der Waals surface area contributed by atoms with Crippen molar-refractivity contribution < 1.29 is 4.39 Å². The first-order valence-electron chi connectivity index (χ1n) is 8.09. The van der Waals surface area contributed by atoms with E-state index in [1.807, 2.05) is 11.4 Å². The van der Waals surface area contributed by atoms with Crippen molar-refractivity contribution >= 4 is 28.2 Å². The zero-order chi connectivity index (χ0) is 18.1. The van der Waals surface area contributed by atoms with Crippen LogP contribution in [-0.2, 0) is 13.5 Å². The van der Waals surface area contributed by atoms with E-state index in [9.17, 15) is 9.18 Å². The lowest BCUT2D eigenvalue weighted by Gasteiger charge is -2.09. The number of thiophene rings is 1. The van der Waals surface area contributed by atoms with Crippen LogP contribution in [0.2, 0.25) is 0 Å². The number of anilines is 1. The number of pyridine rings is 1. The molecule has 4 heterocycles. The molecule has 4 aromatic rings. The van der Waals surface area contributed by atoms with E-state index < -0.39 is 5.82 Å². The van der Waals surface area contributed by atoms with Crippen molar-refractivity contribution in [1.82, 2.24) is 19.5 Å². The smallest absolute Gasteiger partial charge is 0.293 e. The Kier molecular flexibility index (Phi) is 4.26. The number of aromatic nitrogens is 4. The van der Waals surface area contributed by atoms with Gasteiger partial charge in [0.05, 0.1) is 11.9 Å². The number of aryl methyl sites for hydroxylation is 1. The molecule has 0 saturated heterocycles. The monoisotopic (exact) mass is 369 g/mol. The predicted octanol–water partition coefficient (Wildman–Crippen LogP) is 3.18. The number of fused-ring (bicyclic) bond motifs is 1. The minimum absolute atomic E-state index is 0.205. The first-order chi connectivity index (χ1) is 12.6. The molecule has 0 aliphatic carbocycles. The highest BCUT2D eigenvalue weighted by atomic mass is 32.1. The molecule has 132 valence electrons. The molecule has 0 spiro atoms.